The third-order valence-corrected chi connectivity index (χ3v) is 8.42. The van der Waals surface area contributed by atoms with Crippen molar-refractivity contribution in [3.05, 3.63) is 12.7 Å². The molecule has 0 heterocycles. The quantitative estimate of drug-likeness (QED) is 0.0448. The minimum atomic E-state index is -0.981. The molecule has 0 aliphatic rings. The fourth-order valence-corrected chi connectivity index (χ4v) is 5.55. The van der Waals surface area contributed by atoms with Crippen LogP contribution < -0.4 is 0 Å². The van der Waals surface area contributed by atoms with Gasteiger partial charge in [0.1, 0.15) is 0 Å². The fourth-order valence-electron chi connectivity index (χ4n) is 5.55. The van der Waals surface area contributed by atoms with Gasteiger partial charge in [0.25, 0.3) is 0 Å². The van der Waals surface area contributed by atoms with Crippen molar-refractivity contribution >= 4 is 11.9 Å². The topological polar surface area (TPSA) is 63.6 Å². The predicted molar refractivity (Wildman–Crippen MR) is 188 cm³/mol. The zero-order valence-electron chi connectivity index (χ0n) is 29.3. The van der Waals surface area contributed by atoms with Crippen LogP contribution in [0.15, 0.2) is 12.7 Å². The van der Waals surface area contributed by atoms with Crippen molar-refractivity contribution in [1.82, 2.24) is 0 Å². The zero-order valence-corrected chi connectivity index (χ0v) is 29.3. The summed E-state index contributed by atoms with van der Waals surface area (Å²) in [6.07, 6.45) is 43.9. The summed E-state index contributed by atoms with van der Waals surface area (Å²) in [5.74, 6) is -0.953. The molecule has 4 nitrogen and oxygen atoms in total. The standard InChI is InChI=1S/C36H72O2.C3H4O2/c1-3-5-7-9-11-13-15-17-19-21-23-25-27-29-31-33-35-38-36(37)34-32-30-28-26-24-22-20-18-16-14-12-10-8-6-4-2;1-2-3(4)5/h3-35H2,1-2H3;2H,1H2,(H,4,5). The summed E-state index contributed by atoms with van der Waals surface area (Å²) in [7, 11) is 0. The summed E-state index contributed by atoms with van der Waals surface area (Å²) >= 11 is 0. The lowest BCUT2D eigenvalue weighted by atomic mass is 10.0. The molecule has 1 N–H and O–H groups in total. The van der Waals surface area contributed by atoms with Gasteiger partial charge in [0.2, 0.25) is 0 Å². The summed E-state index contributed by atoms with van der Waals surface area (Å²) in [4.78, 5) is 21.2. The van der Waals surface area contributed by atoms with Gasteiger partial charge in [0.05, 0.1) is 6.61 Å². The minimum Gasteiger partial charge on any atom is -0.478 e. The van der Waals surface area contributed by atoms with Gasteiger partial charge in [-0.3, -0.25) is 4.79 Å². The van der Waals surface area contributed by atoms with E-state index in [0.29, 0.717) is 13.0 Å². The third kappa shape index (κ3) is 45.2. The van der Waals surface area contributed by atoms with Crippen LogP contribution in [0.4, 0.5) is 0 Å². The van der Waals surface area contributed by atoms with Crippen LogP contribution >= 0.6 is 0 Å². The number of hydrogen-bond donors (Lipinski definition) is 1. The minimum absolute atomic E-state index is 0.0284. The first kappa shape index (κ1) is 43.8. The lowest BCUT2D eigenvalue weighted by molar-refractivity contribution is -0.144. The summed E-state index contributed by atoms with van der Waals surface area (Å²) in [5.41, 5.74) is 0. The van der Waals surface area contributed by atoms with Crippen LogP contribution in [0.1, 0.15) is 219 Å². The Morgan fingerprint density at radius 3 is 0.953 bits per heavy atom. The van der Waals surface area contributed by atoms with Gasteiger partial charge in [-0.05, 0) is 12.8 Å². The predicted octanol–water partition coefficient (Wildman–Crippen LogP) is 13.3. The maximum atomic E-state index is 11.9. The number of aliphatic carboxylic acids is 1. The molecule has 0 amide bonds. The molecule has 256 valence electrons. The van der Waals surface area contributed by atoms with Gasteiger partial charge in [0, 0.05) is 12.5 Å². The molecule has 0 saturated carbocycles. The summed E-state index contributed by atoms with van der Waals surface area (Å²) in [6.45, 7) is 8.18. The molecule has 0 atom stereocenters. The second-order valence-electron chi connectivity index (χ2n) is 12.8. The van der Waals surface area contributed by atoms with Crippen molar-refractivity contribution in [2.45, 2.75) is 219 Å². The van der Waals surface area contributed by atoms with Crippen LogP contribution in [0.25, 0.3) is 0 Å². The van der Waals surface area contributed by atoms with Crippen LogP contribution in [0.2, 0.25) is 0 Å². The highest BCUT2D eigenvalue weighted by atomic mass is 16.5. The number of unbranched alkanes of at least 4 members (excludes halogenated alkanes) is 29. The van der Waals surface area contributed by atoms with Crippen LogP contribution in [0, 0.1) is 0 Å². The molecule has 0 spiro atoms. The molecule has 4 heteroatoms. The molecular weight excluding hydrogens is 532 g/mol. The summed E-state index contributed by atoms with van der Waals surface area (Å²) in [5, 5.41) is 7.60. The average Bonchev–Trinajstić information content (AvgIpc) is 3.00. The molecular formula is C39H76O4. The van der Waals surface area contributed by atoms with E-state index in [2.05, 4.69) is 20.4 Å². The van der Waals surface area contributed by atoms with Crippen molar-refractivity contribution in [2.75, 3.05) is 6.61 Å². The molecule has 0 aliphatic heterocycles. The van der Waals surface area contributed by atoms with Gasteiger partial charge >= 0.3 is 11.9 Å². The first-order valence-electron chi connectivity index (χ1n) is 19.1. The highest BCUT2D eigenvalue weighted by molar-refractivity contribution is 5.78. The average molecular weight is 609 g/mol. The van der Waals surface area contributed by atoms with E-state index < -0.39 is 5.97 Å². The first-order chi connectivity index (χ1) is 21.1. The van der Waals surface area contributed by atoms with Crippen LogP contribution in [0.5, 0.6) is 0 Å². The van der Waals surface area contributed by atoms with Gasteiger partial charge in [-0.1, -0.05) is 207 Å². The van der Waals surface area contributed by atoms with E-state index in [0.717, 1.165) is 18.9 Å². The normalized spacial score (nSPS) is 10.7. The lowest BCUT2D eigenvalue weighted by Crippen LogP contribution is -2.05. The second-order valence-corrected chi connectivity index (χ2v) is 12.8. The molecule has 0 aliphatic carbocycles. The van der Waals surface area contributed by atoms with Gasteiger partial charge in [-0.15, -0.1) is 0 Å². The highest BCUT2D eigenvalue weighted by Gasteiger charge is 2.03. The molecule has 0 bridgehead atoms. The number of carboxylic acid groups (broad SMARTS) is 1. The van der Waals surface area contributed by atoms with Crippen LogP contribution in [0.3, 0.4) is 0 Å². The zero-order chi connectivity index (χ0) is 31.9. The Kier molecular flexibility index (Phi) is 41.4. The number of carbonyl (C=O) groups excluding carboxylic acids is 1. The van der Waals surface area contributed by atoms with E-state index >= 15 is 0 Å². The third-order valence-electron chi connectivity index (χ3n) is 8.42. The smallest absolute Gasteiger partial charge is 0.327 e. The lowest BCUT2D eigenvalue weighted by Gasteiger charge is -2.06. The Balaban J connectivity index is 0. The Bertz CT molecular complexity index is 559. The van der Waals surface area contributed by atoms with Gasteiger partial charge < -0.3 is 9.84 Å². The first-order valence-corrected chi connectivity index (χ1v) is 19.1. The largest absolute Gasteiger partial charge is 0.478 e. The molecule has 43 heavy (non-hydrogen) atoms. The summed E-state index contributed by atoms with van der Waals surface area (Å²) < 4.78 is 5.44. The highest BCUT2D eigenvalue weighted by Crippen LogP contribution is 2.15. The molecule has 0 rings (SSSR count). The van der Waals surface area contributed by atoms with Gasteiger partial charge in [0.15, 0.2) is 0 Å². The van der Waals surface area contributed by atoms with E-state index in [1.165, 1.54) is 186 Å². The molecule has 0 aromatic heterocycles. The molecule has 0 aromatic carbocycles. The number of ether oxygens (including phenoxy) is 1. The monoisotopic (exact) mass is 609 g/mol. The number of carbonyl (C=O) groups is 2. The number of hydrogen-bond acceptors (Lipinski definition) is 3. The number of carboxylic acids is 1. The Hall–Kier alpha value is -1.32. The molecule has 0 unspecified atom stereocenters. The van der Waals surface area contributed by atoms with Gasteiger partial charge in [-0.25, -0.2) is 4.79 Å². The van der Waals surface area contributed by atoms with E-state index in [-0.39, 0.29) is 5.97 Å². The van der Waals surface area contributed by atoms with Crippen molar-refractivity contribution in [3.63, 3.8) is 0 Å². The second kappa shape index (κ2) is 40.7. The maximum absolute atomic E-state index is 11.9. The molecule has 0 radical (unpaired) electrons. The Morgan fingerprint density at radius 1 is 0.465 bits per heavy atom. The van der Waals surface area contributed by atoms with Crippen molar-refractivity contribution in [3.8, 4) is 0 Å². The van der Waals surface area contributed by atoms with E-state index in [1.807, 2.05) is 0 Å². The summed E-state index contributed by atoms with van der Waals surface area (Å²) in [6, 6.07) is 0. The van der Waals surface area contributed by atoms with Crippen molar-refractivity contribution < 1.29 is 19.4 Å². The Labute approximate surface area is 269 Å². The van der Waals surface area contributed by atoms with Gasteiger partial charge in [-0.2, -0.15) is 0 Å². The maximum Gasteiger partial charge on any atom is 0.327 e. The van der Waals surface area contributed by atoms with Crippen LogP contribution in [-0.4, -0.2) is 23.7 Å². The van der Waals surface area contributed by atoms with Crippen molar-refractivity contribution in [2.24, 2.45) is 0 Å². The fraction of sp³-hybridized carbons (Fsp3) is 0.897. The molecule has 0 aromatic rings. The Morgan fingerprint density at radius 2 is 0.698 bits per heavy atom. The molecule has 0 fully saturated rings. The van der Waals surface area contributed by atoms with E-state index in [1.54, 1.807) is 0 Å². The number of esters is 1. The van der Waals surface area contributed by atoms with E-state index in [4.69, 9.17) is 9.84 Å². The van der Waals surface area contributed by atoms with E-state index in [9.17, 15) is 9.59 Å². The van der Waals surface area contributed by atoms with Crippen molar-refractivity contribution in [1.29, 1.82) is 0 Å². The number of rotatable bonds is 34. The molecule has 0 saturated heterocycles. The van der Waals surface area contributed by atoms with Crippen LogP contribution in [-0.2, 0) is 14.3 Å². The SMILES string of the molecule is C=CC(=O)O.CCCCCCCCCCCCCCCCCCOC(=O)CCCCCCCCCCCCCCCCC.